The average Bonchev–Trinajstić information content (AvgIpc) is 3.04. The maximum atomic E-state index is 5.09. The van der Waals surface area contributed by atoms with Crippen LogP contribution in [0.15, 0.2) is 18.2 Å². The van der Waals surface area contributed by atoms with Gasteiger partial charge >= 0.3 is 0 Å². The fourth-order valence-electron chi connectivity index (χ4n) is 3.66. The average molecular weight is 363 g/mol. The number of thiophene rings is 2. The Labute approximate surface area is 154 Å². The van der Waals surface area contributed by atoms with Gasteiger partial charge in [-0.2, -0.15) is 0 Å². The van der Waals surface area contributed by atoms with Gasteiger partial charge in [-0.1, -0.05) is 6.07 Å². The number of hydrogen-bond donors (Lipinski definition) is 0. The third-order valence-electron chi connectivity index (χ3n) is 5.27. The van der Waals surface area contributed by atoms with E-state index < -0.39 is 0 Å². The van der Waals surface area contributed by atoms with Crippen molar-refractivity contribution in [1.82, 2.24) is 9.97 Å². The molecule has 0 atom stereocenters. The van der Waals surface area contributed by atoms with Gasteiger partial charge in [0.15, 0.2) is 0 Å². The first-order valence-electron chi connectivity index (χ1n) is 8.45. The Kier molecular flexibility index (Phi) is 3.04. The van der Waals surface area contributed by atoms with Gasteiger partial charge in [0.1, 0.15) is 0 Å². The highest BCUT2D eigenvalue weighted by Gasteiger charge is 2.20. The number of rotatable bonds is 0. The second kappa shape index (κ2) is 4.99. The normalized spacial score (nSPS) is 12.2. The van der Waals surface area contributed by atoms with Crippen molar-refractivity contribution in [3.63, 3.8) is 0 Å². The van der Waals surface area contributed by atoms with E-state index in [1.165, 1.54) is 46.6 Å². The SMILES string of the molecule is Cc1ccc2nc3c(nc2c1)c1c(C)c(C)sc1c1sc(C)c(C)c31. The molecule has 0 spiro atoms. The summed E-state index contributed by atoms with van der Waals surface area (Å²) in [6.45, 7) is 11.0. The molecule has 3 heterocycles. The Hall–Kier alpha value is -2.04. The molecule has 2 aromatic carbocycles. The Morgan fingerprint density at radius 3 is 1.76 bits per heavy atom. The van der Waals surface area contributed by atoms with Crippen LogP contribution >= 0.6 is 22.7 Å². The van der Waals surface area contributed by atoms with E-state index in [0.29, 0.717) is 0 Å². The van der Waals surface area contributed by atoms with Crippen molar-refractivity contribution in [2.75, 3.05) is 0 Å². The van der Waals surface area contributed by atoms with Crippen LogP contribution in [-0.2, 0) is 0 Å². The quantitative estimate of drug-likeness (QED) is 0.285. The molecule has 0 aliphatic heterocycles. The minimum absolute atomic E-state index is 0.978. The van der Waals surface area contributed by atoms with Crippen LogP contribution in [0.2, 0.25) is 0 Å². The van der Waals surface area contributed by atoms with Crippen LogP contribution < -0.4 is 0 Å². The van der Waals surface area contributed by atoms with Crippen LogP contribution in [0, 0.1) is 34.6 Å². The maximum absolute atomic E-state index is 5.09. The number of fused-ring (bicyclic) bond motifs is 7. The predicted octanol–water partition coefficient (Wildman–Crippen LogP) is 6.75. The lowest BCUT2D eigenvalue weighted by Crippen LogP contribution is -1.91. The molecule has 5 aromatic rings. The largest absolute Gasteiger partial charge is 0.244 e. The summed E-state index contributed by atoms with van der Waals surface area (Å²) in [5.41, 5.74) is 7.99. The molecule has 3 aromatic heterocycles. The number of aromatic nitrogens is 2. The van der Waals surface area contributed by atoms with Crippen LogP contribution in [-0.4, -0.2) is 9.97 Å². The van der Waals surface area contributed by atoms with Gasteiger partial charge in [0.05, 0.1) is 31.5 Å². The summed E-state index contributed by atoms with van der Waals surface area (Å²) < 4.78 is 2.75. The topological polar surface area (TPSA) is 25.8 Å². The molecule has 0 saturated carbocycles. The highest BCUT2D eigenvalue weighted by atomic mass is 32.1. The van der Waals surface area contributed by atoms with Gasteiger partial charge in [-0.15, -0.1) is 22.7 Å². The molecule has 0 N–H and O–H groups in total. The summed E-state index contributed by atoms with van der Waals surface area (Å²) in [6.07, 6.45) is 0. The Bertz CT molecular complexity index is 1340. The third-order valence-corrected chi connectivity index (χ3v) is 7.85. The molecule has 2 nitrogen and oxygen atoms in total. The van der Waals surface area contributed by atoms with Gasteiger partial charge in [-0.25, -0.2) is 9.97 Å². The molecular weight excluding hydrogens is 344 g/mol. The lowest BCUT2D eigenvalue weighted by Gasteiger charge is -2.07. The van der Waals surface area contributed by atoms with E-state index in [4.69, 9.17) is 9.97 Å². The van der Waals surface area contributed by atoms with Gasteiger partial charge in [-0.05, 0) is 63.4 Å². The fraction of sp³-hybridized carbons (Fsp3) is 0.238. The van der Waals surface area contributed by atoms with Crippen LogP contribution in [0.25, 0.3) is 42.2 Å². The predicted molar refractivity (Wildman–Crippen MR) is 111 cm³/mol. The van der Waals surface area contributed by atoms with Crippen molar-refractivity contribution in [1.29, 1.82) is 0 Å². The molecular formula is C21H18N2S2. The van der Waals surface area contributed by atoms with Crippen molar-refractivity contribution >= 4 is 64.9 Å². The zero-order valence-corrected chi connectivity index (χ0v) is 16.6. The van der Waals surface area contributed by atoms with Crippen molar-refractivity contribution in [3.8, 4) is 0 Å². The standard InChI is InChI=1S/C21H18N2S2/c1-9-6-7-14-15(8-9)23-19-17-11(3)13(5)25-21(17)20-16(18(19)22-14)10(2)12(4)24-20/h6-8H,1-5H3. The minimum atomic E-state index is 0.978. The minimum Gasteiger partial charge on any atom is -0.244 e. The molecule has 0 amide bonds. The van der Waals surface area contributed by atoms with E-state index in [1.54, 1.807) is 0 Å². The van der Waals surface area contributed by atoms with Crippen LogP contribution in [0.4, 0.5) is 0 Å². The van der Waals surface area contributed by atoms with E-state index >= 15 is 0 Å². The second-order valence-corrected chi connectivity index (χ2v) is 9.34. The maximum Gasteiger partial charge on any atom is 0.0991 e. The zero-order chi connectivity index (χ0) is 17.5. The Balaban J connectivity index is 2.17. The molecule has 5 rings (SSSR count). The number of benzene rings is 2. The number of hydrogen-bond acceptors (Lipinski definition) is 4. The van der Waals surface area contributed by atoms with Crippen molar-refractivity contribution in [3.05, 3.63) is 44.6 Å². The van der Waals surface area contributed by atoms with E-state index in [0.717, 1.165) is 22.1 Å². The lowest BCUT2D eigenvalue weighted by molar-refractivity contribution is 1.38. The van der Waals surface area contributed by atoms with E-state index in [-0.39, 0.29) is 0 Å². The number of nitrogens with zero attached hydrogens (tertiary/aromatic N) is 2. The first kappa shape index (κ1) is 15.2. The molecule has 0 radical (unpaired) electrons. The number of aryl methyl sites for hydroxylation is 5. The summed E-state index contributed by atoms with van der Waals surface area (Å²) in [4.78, 5) is 12.9. The first-order chi connectivity index (χ1) is 12.0. The monoisotopic (exact) mass is 362 g/mol. The molecule has 0 aliphatic rings. The van der Waals surface area contributed by atoms with Crippen LogP contribution in [0.3, 0.4) is 0 Å². The lowest BCUT2D eigenvalue weighted by atomic mass is 10.0. The van der Waals surface area contributed by atoms with E-state index in [9.17, 15) is 0 Å². The van der Waals surface area contributed by atoms with Gasteiger partial charge in [0, 0.05) is 20.5 Å². The van der Waals surface area contributed by atoms with Crippen LogP contribution in [0.1, 0.15) is 26.4 Å². The molecule has 0 bridgehead atoms. The van der Waals surface area contributed by atoms with E-state index in [1.807, 2.05) is 22.7 Å². The summed E-state index contributed by atoms with van der Waals surface area (Å²) in [5.74, 6) is 0. The Morgan fingerprint density at radius 2 is 1.20 bits per heavy atom. The molecule has 124 valence electrons. The first-order valence-corrected chi connectivity index (χ1v) is 10.1. The van der Waals surface area contributed by atoms with E-state index in [2.05, 4.69) is 52.8 Å². The molecule has 0 saturated heterocycles. The Morgan fingerprint density at radius 1 is 0.680 bits per heavy atom. The zero-order valence-electron chi connectivity index (χ0n) is 14.9. The van der Waals surface area contributed by atoms with Crippen molar-refractivity contribution in [2.45, 2.75) is 34.6 Å². The summed E-state index contributed by atoms with van der Waals surface area (Å²) in [5, 5.41) is 2.59. The summed E-state index contributed by atoms with van der Waals surface area (Å²) >= 11 is 3.79. The smallest absolute Gasteiger partial charge is 0.0991 e. The van der Waals surface area contributed by atoms with Gasteiger partial charge in [-0.3, -0.25) is 0 Å². The van der Waals surface area contributed by atoms with Crippen LogP contribution in [0.5, 0.6) is 0 Å². The molecule has 25 heavy (non-hydrogen) atoms. The highest BCUT2D eigenvalue weighted by molar-refractivity contribution is 7.27. The molecule has 0 unspecified atom stereocenters. The highest BCUT2D eigenvalue weighted by Crippen LogP contribution is 2.46. The van der Waals surface area contributed by atoms with Gasteiger partial charge in [0.25, 0.3) is 0 Å². The molecule has 0 aliphatic carbocycles. The third kappa shape index (κ3) is 1.95. The summed E-state index contributed by atoms with van der Waals surface area (Å²) in [7, 11) is 0. The summed E-state index contributed by atoms with van der Waals surface area (Å²) in [6, 6.07) is 6.34. The van der Waals surface area contributed by atoms with Crippen molar-refractivity contribution < 1.29 is 0 Å². The molecule has 4 heteroatoms. The van der Waals surface area contributed by atoms with Crippen molar-refractivity contribution in [2.24, 2.45) is 0 Å². The molecule has 0 fully saturated rings. The van der Waals surface area contributed by atoms with Gasteiger partial charge < -0.3 is 0 Å². The fourth-order valence-corrected chi connectivity index (χ4v) is 6.12. The van der Waals surface area contributed by atoms with Gasteiger partial charge in [0.2, 0.25) is 0 Å². The second-order valence-electron chi connectivity index (χ2n) is 6.89.